The van der Waals surface area contributed by atoms with Crippen LogP contribution in [-0.2, 0) is 9.13 Å². The molecule has 0 aliphatic carbocycles. The summed E-state index contributed by atoms with van der Waals surface area (Å²) in [6.45, 7) is 1.44. The van der Waals surface area contributed by atoms with Gasteiger partial charge in [0.25, 0.3) is 5.08 Å². The lowest BCUT2D eigenvalue weighted by atomic mass is 10.0. The molecule has 0 radical (unpaired) electrons. The van der Waals surface area contributed by atoms with Crippen molar-refractivity contribution in [3.63, 3.8) is 0 Å². The van der Waals surface area contributed by atoms with Crippen LogP contribution in [0.25, 0.3) is 0 Å². The molecular weight excluding hydrogens is 408 g/mol. The minimum absolute atomic E-state index is 0.0277. The number of nitrogens with two attached hydrogens (primary N) is 1. The van der Waals surface area contributed by atoms with Crippen LogP contribution < -0.4 is 5.73 Å². The third kappa shape index (κ3) is 6.49. The largest absolute Gasteiger partial charge is 0.478 e. The second-order valence-corrected chi connectivity index (χ2v) is 9.35. The van der Waals surface area contributed by atoms with Crippen molar-refractivity contribution in [3.05, 3.63) is 34.9 Å². The number of carboxylic acid groups (broad SMARTS) is 2. The number of benzene rings is 1. The van der Waals surface area contributed by atoms with Crippen molar-refractivity contribution in [1.82, 2.24) is 0 Å². The molecule has 0 heterocycles. The quantitative estimate of drug-likeness (QED) is 0.270. The minimum Gasteiger partial charge on any atom is -0.478 e. The molecule has 0 aromatic heterocycles. The van der Waals surface area contributed by atoms with Gasteiger partial charge in [0.15, 0.2) is 0 Å². The summed E-state index contributed by atoms with van der Waals surface area (Å²) >= 11 is 0. The van der Waals surface area contributed by atoms with Gasteiger partial charge in [0, 0.05) is 6.42 Å². The van der Waals surface area contributed by atoms with E-state index in [1.165, 1.54) is 25.1 Å². The van der Waals surface area contributed by atoms with Gasteiger partial charge in [-0.1, -0.05) is 6.07 Å². The maximum absolute atomic E-state index is 10.7. The van der Waals surface area contributed by atoms with Crippen LogP contribution in [0, 0.1) is 6.92 Å². The molecule has 0 saturated carbocycles. The summed E-state index contributed by atoms with van der Waals surface area (Å²) in [6.07, 6.45) is -0.856. The van der Waals surface area contributed by atoms with Gasteiger partial charge in [-0.15, -0.1) is 0 Å². The highest BCUT2D eigenvalue weighted by atomic mass is 31.2. The lowest BCUT2D eigenvalue weighted by Crippen LogP contribution is -2.29. The summed E-state index contributed by atoms with van der Waals surface area (Å²) in [5.41, 5.74) is 5.34. The number of hydrogen-bond donors (Lipinski definition) is 8. The Morgan fingerprint density at radius 2 is 1.37 bits per heavy atom. The summed E-state index contributed by atoms with van der Waals surface area (Å²) < 4.78 is 21.4. The van der Waals surface area contributed by atoms with E-state index < -0.39 is 38.6 Å². The summed E-state index contributed by atoms with van der Waals surface area (Å²) in [4.78, 5) is 55.7. The van der Waals surface area contributed by atoms with E-state index in [1.54, 1.807) is 0 Å². The van der Waals surface area contributed by atoms with Gasteiger partial charge in [0.2, 0.25) is 0 Å². The van der Waals surface area contributed by atoms with Gasteiger partial charge < -0.3 is 40.6 Å². The molecule has 1 aromatic rings. The second kappa shape index (κ2) is 9.54. The standard InChI is InChI=1S/C9H8O4.C4H13NO7P2/c1-5-6(8(10)11)3-2-4-7(5)9(12)13;5-3-1-2-4(6,13(7,8)9)14(10,11)12/h2-4H,1H3,(H,10,11)(H,12,13);6H,1-3,5H2,(H2,7,8,9)(H2,10,11,12). The molecule has 0 aliphatic heterocycles. The SMILES string of the molecule is Cc1c(C(=O)O)cccc1C(=O)O.NCCCC(O)(P(=O)(O)O)P(=O)(O)O. The fraction of sp³-hybridized carbons (Fsp3) is 0.385. The molecule has 0 unspecified atom stereocenters. The van der Waals surface area contributed by atoms with E-state index in [0.717, 1.165) is 0 Å². The highest BCUT2D eigenvalue weighted by Crippen LogP contribution is 2.69. The van der Waals surface area contributed by atoms with Crippen LogP contribution in [0.2, 0.25) is 0 Å². The van der Waals surface area contributed by atoms with Crippen molar-refractivity contribution in [2.75, 3.05) is 6.54 Å². The van der Waals surface area contributed by atoms with Crippen molar-refractivity contribution in [1.29, 1.82) is 0 Å². The fourth-order valence-corrected chi connectivity index (χ4v) is 4.16. The zero-order valence-electron chi connectivity index (χ0n) is 14.1. The molecular formula is C13H21NO11P2. The lowest BCUT2D eigenvalue weighted by molar-refractivity contribution is 0.0696. The Balaban J connectivity index is 0.000000501. The lowest BCUT2D eigenvalue weighted by Gasteiger charge is -2.28. The van der Waals surface area contributed by atoms with E-state index in [0.29, 0.717) is 0 Å². The molecule has 0 atom stereocenters. The van der Waals surface area contributed by atoms with Gasteiger partial charge in [-0.25, -0.2) is 9.59 Å². The third-order valence-corrected chi connectivity index (χ3v) is 7.32. The fourth-order valence-electron chi connectivity index (χ4n) is 1.90. The van der Waals surface area contributed by atoms with Gasteiger partial charge in [0.05, 0.1) is 11.1 Å². The molecule has 0 spiro atoms. The number of carbonyl (C=O) groups is 2. The molecule has 14 heteroatoms. The summed E-state index contributed by atoms with van der Waals surface area (Å²) in [5.74, 6) is -2.22. The second-order valence-electron chi connectivity index (χ2n) is 5.34. The van der Waals surface area contributed by atoms with Gasteiger partial charge >= 0.3 is 27.1 Å². The third-order valence-electron chi connectivity index (χ3n) is 3.44. The van der Waals surface area contributed by atoms with Crippen molar-refractivity contribution < 1.29 is 53.6 Å². The maximum atomic E-state index is 10.7. The maximum Gasteiger partial charge on any atom is 0.369 e. The van der Waals surface area contributed by atoms with Crippen molar-refractivity contribution in [2.24, 2.45) is 5.73 Å². The Labute approximate surface area is 153 Å². The first-order valence-electron chi connectivity index (χ1n) is 7.20. The van der Waals surface area contributed by atoms with Crippen molar-refractivity contribution in [3.8, 4) is 0 Å². The summed E-state index contributed by atoms with van der Waals surface area (Å²) in [5, 5.41) is 23.3. The van der Waals surface area contributed by atoms with Crippen LogP contribution in [0.15, 0.2) is 18.2 Å². The number of hydrogen-bond acceptors (Lipinski definition) is 6. The van der Waals surface area contributed by atoms with E-state index in [1.807, 2.05) is 0 Å². The Hall–Kier alpha value is -1.62. The van der Waals surface area contributed by atoms with Crippen molar-refractivity contribution in [2.45, 2.75) is 24.8 Å². The van der Waals surface area contributed by atoms with Crippen molar-refractivity contribution >= 4 is 27.1 Å². The number of aliphatic hydroxyl groups is 1. The number of aromatic carboxylic acids is 2. The van der Waals surface area contributed by atoms with E-state index >= 15 is 0 Å². The van der Waals surface area contributed by atoms with Gasteiger partial charge in [-0.3, -0.25) is 9.13 Å². The van der Waals surface area contributed by atoms with Crippen LogP contribution in [-0.4, -0.2) is 58.5 Å². The molecule has 154 valence electrons. The van der Waals surface area contributed by atoms with Crippen LogP contribution in [0.5, 0.6) is 0 Å². The Kier molecular flexibility index (Phi) is 8.97. The van der Waals surface area contributed by atoms with Gasteiger partial charge in [-0.05, 0) is 37.6 Å². The van der Waals surface area contributed by atoms with E-state index in [4.69, 9.17) is 35.5 Å². The van der Waals surface area contributed by atoms with Crippen LogP contribution in [0.1, 0.15) is 39.1 Å². The number of rotatable bonds is 7. The van der Waals surface area contributed by atoms with E-state index in [2.05, 4.69) is 0 Å². The van der Waals surface area contributed by atoms with Gasteiger partial charge in [0.1, 0.15) is 0 Å². The highest BCUT2D eigenvalue weighted by molar-refractivity contribution is 7.72. The topological polar surface area (TPSA) is 236 Å². The van der Waals surface area contributed by atoms with E-state index in [-0.39, 0.29) is 29.7 Å². The Bertz CT molecular complexity index is 728. The van der Waals surface area contributed by atoms with E-state index in [9.17, 15) is 23.8 Å². The summed E-state index contributed by atoms with van der Waals surface area (Å²) in [6, 6.07) is 4.17. The predicted octanol–water partition coefficient (Wildman–Crippen LogP) is 0.118. The first-order valence-corrected chi connectivity index (χ1v) is 10.4. The normalized spacial score (nSPS) is 12.1. The average molecular weight is 429 g/mol. The van der Waals surface area contributed by atoms with Crippen LogP contribution in [0.4, 0.5) is 0 Å². The Morgan fingerprint density at radius 3 is 1.63 bits per heavy atom. The van der Waals surface area contributed by atoms with Gasteiger partial charge in [-0.2, -0.15) is 0 Å². The molecule has 0 fully saturated rings. The zero-order valence-corrected chi connectivity index (χ0v) is 15.9. The van der Waals surface area contributed by atoms with Crippen LogP contribution >= 0.6 is 15.2 Å². The molecule has 1 aromatic carbocycles. The smallest absolute Gasteiger partial charge is 0.369 e. The van der Waals surface area contributed by atoms with Crippen LogP contribution in [0.3, 0.4) is 0 Å². The molecule has 0 bridgehead atoms. The minimum atomic E-state index is -5.30. The zero-order chi connectivity index (χ0) is 21.6. The number of carboxylic acids is 2. The molecule has 0 amide bonds. The average Bonchev–Trinajstić information content (AvgIpc) is 2.50. The molecule has 27 heavy (non-hydrogen) atoms. The predicted molar refractivity (Wildman–Crippen MR) is 92.4 cm³/mol. The molecule has 12 nitrogen and oxygen atoms in total. The molecule has 1 rings (SSSR count). The summed E-state index contributed by atoms with van der Waals surface area (Å²) in [7, 11) is -10.6. The molecule has 9 N–H and O–H groups in total. The molecule has 0 saturated heterocycles. The molecule has 0 aliphatic rings. The monoisotopic (exact) mass is 429 g/mol. The first kappa shape index (κ1) is 25.4. The highest BCUT2D eigenvalue weighted by Gasteiger charge is 2.58. The Morgan fingerprint density at radius 1 is 1.00 bits per heavy atom. The first-order chi connectivity index (χ1) is 12.1.